The van der Waals surface area contributed by atoms with E-state index in [1.807, 2.05) is 18.2 Å². The van der Waals surface area contributed by atoms with Crippen LogP contribution in [0.5, 0.6) is 0 Å². The zero-order chi connectivity index (χ0) is 17.5. The third-order valence-electron chi connectivity index (χ3n) is 4.78. The Balaban J connectivity index is 1.64. The van der Waals surface area contributed by atoms with Gasteiger partial charge in [0, 0.05) is 25.7 Å². The van der Waals surface area contributed by atoms with Gasteiger partial charge in [-0.3, -0.25) is 4.90 Å². The van der Waals surface area contributed by atoms with Crippen LogP contribution < -0.4 is 0 Å². The van der Waals surface area contributed by atoms with E-state index in [1.165, 1.54) is 5.56 Å². The fourth-order valence-corrected chi connectivity index (χ4v) is 3.26. The van der Waals surface area contributed by atoms with Gasteiger partial charge < -0.3 is 9.84 Å². The molecule has 130 valence electrons. The zero-order valence-electron chi connectivity index (χ0n) is 14.3. The third-order valence-corrected chi connectivity index (χ3v) is 4.78. The van der Waals surface area contributed by atoms with Gasteiger partial charge in [-0.05, 0) is 36.1 Å². The summed E-state index contributed by atoms with van der Waals surface area (Å²) in [7, 11) is 0. The van der Waals surface area contributed by atoms with Crippen molar-refractivity contribution in [1.82, 2.24) is 4.90 Å². The average Bonchev–Trinajstić information content (AvgIpc) is 3.20. The maximum atomic E-state index is 10.6. The van der Waals surface area contributed by atoms with Crippen LogP contribution in [0.25, 0.3) is 0 Å². The predicted octanol–water partition coefficient (Wildman–Crippen LogP) is 2.93. The van der Waals surface area contributed by atoms with E-state index < -0.39 is 6.10 Å². The Hall–Kier alpha value is -2.19. The van der Waals surface area contributed by atoms with E-state index in [9.17, 15) is 5.11 Å². The summed E-state index contributed by atoms with van der Waals surface area (Å²) in [4.78, 5) is 2.34. The fraction of sp³-hybridized carbons (Fsp3) is 0.381. The van der Waals surface area contributed by atoms with E-state index in [-0.39, 0.29) is 0 Å². The molecule has 25 heavy (non-hydrogen) atoms. The molecule has 2 unspecified atom stereocenters. The first-order valence-electron chi connectivity index (χ1n) is 8.80. The lowest BCUT2D eigenvalue weighted by Crippen LogP contribution is -2.40. The molecule has 2 atom stereocenters. The highest BCUT2D eigenvalue weighted by molar-refractivity contribution is 5.32. The zero-order valence-corrected chi connectivity index (χ0v) is 14.3. The number of aliphatic hydroxyl groups excluding tert-OH is 1. The van der Waals surface area contributed by atoms with Crippen LogP contribution in [0.1, 0.15) is 29.2 Å². The largest absolute Gasteiger partial charge is 0.387 e. The molecule has 1 fully saturated rings. The molecule has 1 N–H and O–H groups in total. The van der Waals surface area contributed by atoms with E-state index in [0.29, 0.717) is 18.2 Å². The van der Waals surface area contributed by atoms with Gasteiger partial charge in [-0.25, -0.2) is 0 Å². The number of rotatable bonds is 7. The number of nitriles is 1. The van der Waals surface area contributed by atoms with Crippen molar-refractivity contribution in [3.8, 4) is 6.07 Å². The van der Waals surface area contributed by atoms with Crippen molar-refractivity contribution < 1.29 is 9.84 Å². The van der Waals surface area contributed by atoms with E-state index in [4.69, 9.17) is 10.00 Å². The minimum Gasteiger partial charge on any atom is -0.387 e. The molecule has 4 nitrogen and oxygen atoms in total. The lowest BCUT2D eigenvalue weighted by molar-refractivity contribution is 0.0788. The summed E-state index contributed by atoms with van der Waals surface area (Å²) in [5, 5.41) is 19.5. The average molecular weight is 336 g/mol. The van der Waals surface area contributed by atoms with Gasteiger partial charge in [0.1, 0.15) is 0 Å². The van der Waals surface area contributed by atoms with Crippen LogP contribution in [-0.4, -0.2) is 42.4 Å². The predicted molar refractivity (Wildman–Crippen MR) is 97.1 cm³/mol. The Labute approximate surface area is 149 Å². The number of benzene rings is 2. The minimum absolute atomic E-state index is 0.358. The topological polar surface area (TPSA) is 56.5 Å². The molecule has 4 heteroatoms. The number of hydrogen-bond acceptors (Lipinski definition) is 4. The molecule has 3 rings (SSSR count). The molecular weight excluding hydrogens is 312 g/mol. The first kappa shape index (κ1) is 17.6. The number of aliphatic hydroxyl groups is 1. The van der Waals surface area contributed by atoms with E-state index in [1.54, 1.807) is 12.1 Å². The highest BCUT2D eigenvalue weighted by atomic mass is 16.5. The van der Waals surface area contributed by atoms with E-state index >= 15 is 0 Å². The van der Waals surface area contributed by atoms with Crippen molar-refractivity contribution >= 4 is 0 Å². The molecular formula is C21H24N2O2. The number of ether oxygens (including phenoxy) is 1. The molecule has 2 aromatic rings. The van der Waals surface area contributed by atoms with Crippen LogP contribution in [0.3, 0.4) is 0 Å². The summed E-state index contributed by atoms with van der Waals surface area (Å²) in [6, 6.07) is 20.1. The van der Waals surface area contributed by atoms with Gasteiger partial charge in [0.05, 0.1) is 24.3 Å². The van der Waals surface area contributed by atoms with Crippen LogP contribution in [-0.2, 0) is 11.2 Å². The van der Waals surface area contributed by atoms with Gasteiger partial charge in [-0.1, -0.05) is 42.5 Å². The Morgan fingerprint density at radius 1 is 1.16 bits per heavy atom. The van der Waals surface area contributed by atoms with Crippen LogP contribution in [0, 0.1) is 11.3 Å². The second kappa shape index (κ2) is 8.77. The summed E-state index contributed by atoms with van der Waals surface area (Å²) >= 11 is 0. The van der Waals surface area contributed by atoms with Gasteiger partial charge >= 0.3 is 0 Å². The van der Waals surface area contributed by atoms with Crippen LogP contribution in [0.4, 0.5) is 0 Å². The normalized spacial score (nSPS) is 18.2. The van der Waals surface area contributed by atoms with Gasteiger partial charge in [0.15, 0.2) is 0 Å². The maximum absolute atomic E-state index is 10.6. The molecule has 0 aromatic heterocycles. The highest BCUT2D eigenvalue weighted by Gasteiger charge is 2.25. The van der Waals surface area contributed by atoms with Gasteiger partial charge in [-0.15, -0.1) is 0 Å². The number of nitrogens with zero attached hydrogens (tertiary/aromatic N) is 2. The molecule has 0 radical (unpaired) electrons. The van der Waals surface area contributed by atoms with Gasteiger partial charge in [0.2, 0.25) is 0 Å². The van der Waals surface area contributed by atoms with Crippen molar-refractivity contribution in [2.24, 2.45) is 0 Å². The van der Waals surface area contributed by atoms with Crippen molar-refractivity contribution in [2.75, 3.05) is 26.3 Å². The lowest BCUT2D eigenvalue weighted by Gasteiger charge is -2.30. The number of hydrogen-bond donors (Lipinski definition) is 1. The van der Waals surface area contributed by atoms with Crippen molar-refractivity contribution in [3.63, 3.8) is 0 Å². The van der Waals surface area contributed by atoms with Crippen LogP contribution in [0.2, 0.25) is 0 Å². The Morgan fingerprint density at radius 3 is 2.56 bits per heavy atom. The van der Waals surface area contributed by atoms with E-state index in [0.717, 1.165) is 38.2 Å². The van der Waals surface area contributed by atoms with Crippen molar-refractivity contribution in [2.45, 2.75) is 25.0 Å². The molecule has 1 aliphatic rings. The minimum atomic E-state index is -0.566. The summed E-state index contributed by atoms with van der Waals surface area (Å²) < 4.78 is 5.55. The van der Waals surface area contributed by atoms with Crippen LogP contribution in [0.15, 0.2) is 54.6 Å². The fourth-order valence-electron chi connectivity index (χ4n) is 3.26. The molecule has 1 heterocycles. The molecule has 2 aromatic carbocycles. The molecule has 0 amide bonds. The van der Waals surface area contributed by atoms with Crippen molar-refractivity contribution in [1.29, 1.82) is 5.26 Å². The first-order chi connectivity index (χ1) is 12.3. The highest BCUT2D eigenvalue weighted by Crippen LogP contribution is 2.20. The quantitative estimate of drug-likeness (QED) is 0.845. The Morgan fingerprint density at radius 2 is 1.92 bits per heavy atom. The SMILES string of the molecule is N#Cc1ccc(C(O)CN(CCc2ccccc2)C2CCOC2)cc1. The van der Waals surface area contributed by atoms with E-state index in [2.05, 4.69) is 35.2 Å². The Kier molecular flexibility index (Phi) is 6.19. The molecule has 1 saturated heterocycles. The van der Waals surface area contributed by atoms with Crippen molar-refractivity contribution in [3.05, 3.63) is 71.3 Å². The molecule has 1 aliphatic heterocycles. The molecule has 0 spiro atoms. The lowest BCUT2D eigenvalue weighted by atomic mass is 10.0. The second-order valence-electron chi connectivity index (χ2n) is 6.50. The smallest absolute Gasteiger partial charge is 0.0991 e. The molecule has 0 bridgehead atoms. The van der Waals surface area contributed by atoms with Gasteiger partial charge in [0.25, 0.3) is 0 Å². The third kappa shape index (κ3) is 4.90. The van der Waals surface area contributed by atoms with Gasteiger partial charge in [-0.2, -0.15) is 5.26 Å². The summed E-state index contributed by atoms with van der Waals surface area (Å²) in [5.41, 5.74) is 2.77. The first-order valence-corrected chi connectivity index (χ1v) is 8.80. The monoisotopic (exact) mass is 336 g/mol. The Bertz CT molecular complexity index is 688. The summed E-state index contributed by atoms with van der Waals surface area (Å²) in [5.74, 6) is 0. The van der Waals surface area contributed by atoms with Crippen LogP contribution >= 0.6 is 0 Å². The standard InChI is InChI=1S/C21H24N2O2/c22-14-18-6-8-19(9-7-18)21(24)15-23(20-11-13-25-16-20)12-10-17-4-2-1-3-5-17/h1-9,20-21,24H,10-13,15-16H2. The maximum Gasteiger partial charge on any atom is 0.0991 e. The summed E-state index contributed by atoms with van der Waals surface area (Å²) in [6.07, 6.45) is 1.40. The second-order valence-corrected chi connectivity index (χ2v) is 6.50. The molecule has 0 aliphatic carbocycles. The summed E-state index contributed by atoms with van der Waals surface area (Å²) in [6.45, 7) is 2.99. The molecule has 0 saturated carbocycles.